The van der Waals surface area contributed by atoms with Gasteiger partial charge in [-0.2, -0.15) is 5.26 Å². The van der Waals surface area contributed by atoms with E-state index in [2.05, 4.69) is 5.32 Å². The Bertz CT molecular complexity index is 835. The second-order valence-corrected chi connectivity index (χ2v) is 5.25. The molecule has 0 heterocycles. The molecule has 1 atom stereocenters. The average molecular weight is 342 g/mol. The van der Waals surface area contributed by atoms with Crippen LogP contribution in [0.4, 0.5) is 15.8 Å². The summed E-state index contributed by atoms with van der Waals surface area (Å²) in [6, 6.07) is 12.3. The van der Waals surface area contributed by atoms with Crippen molar-refractivity contribution in [3.63, 3.8) is 0 Å². The Balaban J connectivity index is 2.11. The minimum Gasteiger partial charge on any atom is -0.360 e. The number of hydrogen-bond donors (Lipinski definition) is 1. The SMILES string of the molecule is CN(CC(=O)N[C@H](C#N)c1ccccc1F)c1ccccc1[N+](=O)[O-]. The third-order valence-electron chi connectivity index (χ3n) is 3.52. The molecule has 2 aromatic carbocycles. The summed E-state index contributed by atoms with van der Waals surface area (Å²) in [6.45, 7) is -0.225. The van der Waals surface area contributed by atoms with Crippen LogP contribution in [0.25, 0.3) is 0 Å². The smallest absolute Gasteiger partial charge is 0.292 e. The lowest BCUT2D eigenvalue weighted by molar-refractivity contribution is -0.384. The molecule has 0 saturated heterocycles. The van der Waals surface area contributed by atoms with Crippen molar-refractivity contribution >= 4 is 17.3 Å². The largest absolute Gasteiger partial charge is 0.360 e. The number of nitrogens with one attached hydrogen (secondary N) is 1. The van der Waals surface area contributed by atoms with Crippen molar-refractivity contribution in [2.45, 2.75) is 6.04 Å². The van der Waals surface area contributed by atoms with Crippen LogP contribution in [0.1, 0.15) is 11.6 Å². The summed E-state index contributed by atoms with van der Waals surface area (Å²) in [5.41, 5.74) is 0.192. The highest BCUT2D eigenvalue weighted by atomic mass is 19.1. The molecule has 0 radical (unpaired) electrons. The summed E-state index contributed by atoms with van der Waals surface area (Å²) in [7, 11) is 1.52. The predicted molar refractivity (Wildman–Crippen MR) is 89.3 cm³/mol. The Hall–Kier alpha value is -3.47. The van der Waals surface area contributed by atoms with Gasteiger partial charge >= 0.3 is 0 Å². The number of carbonyl (C=O) groups excluding carboxylic acids is 1. The van der Waals surface area contributed by atoms with Crippen LogP contribution in [0, 0.1) is 27.3 Å². The number of rotatable bonds is 6. The Morgan fingerprint density at radius 2 is 1.96 bits per heavy atom. The Labute approximate surface area is 143 Å². The summed E-state index contributed by atoms with van der Waals surface area (Å²) in [5.74, 6) is -1.16. The molecule has 0 unspecified atom stereocenters. The number of halogens is 1. The number of carbonyl (C=O) groups is 1. The molecule has 2 rings (SSSR count). The van der Waals surface area contributed by atoms with Crippen LogP contribution < -0.4 is 10.2 Å². The number of nitro groups is 1. The van der Waals surface area contributed by atoms with Gasteiger partial charge in [0.2, 0.25) is 5.91 Å². The van der Waals surface area contributed by atoms with Crippen molar-refractivity contribution in [3.05, 3.63) is 70.0 Å². The maximum Gasteiger partial charge on any atom is 0.292 e. The molecule has 128 valence electrons. The third-order valence-corrected chi connectivity index (χ3v) is 3.52. The maximum atomic E-state index is 13.8. The minimum absolute atomic E-state index is 0.0618. The van der Waals surface area contributed by atoms with Crippen LogP contribution in [0.15, 0.2) is 48.5 Å². The zero-order valence-electron chi connectivity index (χ0n) is 13.3. The van der Waals surface area contributed by atoms with Crippen molar-refractivity contribution in [1.82, 2.24) is 5.32 Å². The van der Waals surface area contributed by atoms with Crippen LogP contribution in [-0.4, -0.2) is 24.4 Å². The molecule has 0 saturated carbocycles. The number of nitriles is 1. The van der Waals surface area contributed by atoms with E-state index in [0.717, 1.165) is 0 Å². The minimum atomic E-state index is -1.15. The molecule has 0 aromatic heterocycles. The molecule has 0 aliphatic rings. The first kappa shape index (κ1) is 17.9. The molecule has 8 heteroatoms. The van der Waals surface area contributed by atoms with Gasteiger partial charge in [0.1, 0.15) is 17.5 Å². The van der Waals surface area contributed by atoms with Gasteiger partial charge in [-0.3, -0.25) is 14.9 Å². The first-order valence-electron chi connectivity index (χ1n) is 7.32. The molecular formula is C17H15FN4O3. The van der Waals surface area contributed by atoms with E-state index in [9.17, 15) is 24.6 Å². The van der Waals surface area contributed by atoms with Gasteiger partial charge in [-0.25, -0.2) is 4.39 Å². The van der Waals surface area contributed by atoms with E-state index in [1.165, 1.54) is 48.3 Å². The fraction of sp³-hybridized carbons (Fsp3) is 0.176. The molecule has 2 aromatic rings. The lowest BCUT2D eigenvalue weighted by Gasteiger charge is -2.20. The van der Waals surface area contributed by atoms with Crippen molar-refractivity contribution in [2.75, 3.05) is 18.5 Å². The summed E-state index contributed by atoms with van der Waals surface area (Å²) >= 11 is 0. The molecule has 0 aliphatic carbocycles. The maximum absolute atomic E-state index is 13.8. The van der Waals surface area contributed by atoms with E-state index in [-0.39, 0.29) is 23.5 Å². The summed E-state index contributed by atoms with van der Waals surface area (Å²) in [4.78, 5) is 24.1. The van der Waals surface area contributed by atoms with Gasteiger partial charge in [0, 0.05) is 18.7 Å². The molecule has 1 amide bonds. The van der Waals surface area contributed by atoms with E-state index < -0.39 is 22.7 Å². The van der Waals surface area contributed by atoms with Crippen molar-refractivity contribution in [2.24, 2.45) is 0 Å². The lowest BCUT2D eigenvalue weighted by Crippen LogP contribution is -2.37. The number of likely N-dealkylation sites (N-methyl/N-ethyl adjacent to an activating group) is 1. The number of anilines is 1. The highest BCUT2D eigenvalue weighted by Gasteiger charge is 2.21. The second-order valence-electron chi connectivity index (χ2n) is 5.25. The van der Waals surface area contributed by atoms with Gasteiger partial charge in [0.15, 0.2) is 0 Å². The van der Waals surface area contributed by atoms with E-state index in [1.54, 1.807) is 12.1 Å². The van der Waals surface area contributed by atoms with Crippen molar-refractivity contribution in [3.8, 4) is 6.07 Å². The van der Waals surface area contributed by atoms with Gasteiger partial charge in [0.05, 0.1) is 17.5 Å². The zero-order chi connectivity index (χ0) is 18.4. The third kappa shape index (κ3) is 4.29. The first-order chi connectivity index (χ1) is 11.9. The molecule has 7 nitrogen and oxygen atoms in total. The van der Waals surface area contributed by atoms with E-state index in [0.29, 0.717) is 0 Å². The summed E-state index contributed by atoms with van der Waals surface area (Å²) in [5, 5.41) is 22.7. The van der Waals surface area contributed by atoms with Gasteiger partial charge in [-0.05, 0) is 12.1 Å². The fourth-order valence-electron chi connectivity index (χ4n) is 2.34. The van der Waals surface area contributed by atoms with E-state index in [1.807, 2.05) is 6.07 Å². The molecule has 25 heavy (non-hydrogen) atoms. The molecule has 0 spiro atoms. The standard InChI is InChI=1S/C17H15FN4O3/c1-21(15-8-4-5-9-16(15)22(24)25)11-17(23)20-14(10-19)12-6-2-3-7-13(12)18/h2-9,14H,11H2,1H3,(H,20,23)/t14-/m1/s1. The molecule has 0 aliphatic heterocycles. The van der Waals surface area contributed by atoms with Gasteiger partial charge < -0.3 is 10.2 Å². The lowest BCUT2D eigenvalue weighted by atomic mass is 10.1. The van der Waals surface area contributed by atoms with Crippen LogP contribution in [0.5, 0.6) is 0 Å². The van der Waals surface area contributed by atoms with Crippen molar-refractivity contribution < 1.29 is 14.1 Å². The predicted octanol–water partition coefficient (Wildman–Crippen LogP) is 2.55. The van der Waals surface area contributed by atoms with Crippen molar-refractivity contribution in [1.29, 1.82) is 5.26 Å². The van der Waals surface area contributed by atoms with Crippen LogP contribution in [0.3, 0.4) is 0 Å². The number of nitro benzene ring substituents is 1. The summed E-state index contributed by atoms with van der Waals surface area (Å²) < 4.78 is 13.8. The molecule has 0 fully saturated rings. The molecular weight excluding hydrogens is 327 g/mol. The van der Waals surface area contributed by atoms with Crippen LogP contribution >= 0.6 is 0 Å². The Kier molecular flexibility index (Phi) is 5.63. The number of para-hydroxylation sites is 2. The fourth-order valence-corrected chi connectivity index (χ4v) is 2.34. The Morgan fingerprint density at radius 1 is 1.32 bits per heavy atom. The van der Waals surface area contributed by atoms with E-state index >= 15 is 0 Å². The van der Waals surface area contributed by atoms with Gasteiger partial charge in [-0.1, -0.05) is 30.3 Å². The number of nitrogens with zero attached hydrogens (tertiary/aromatic N) is 3. The number of benzene rings is 2. The average Bonchev–Trinajstić information content (AvgIpc) is 2.60. The molecule has 0 bridgehead atoms. The quantitative estimate of drug-likeness (QED) is 0.642. The van der Waals surface area contributed by atoms with Gasteiger partial charge in [-0.15, -0.1) is 0 Å². The summed E-state index contributed by atoms with van der Waals surface area (Å²) in [6.07, 6.45) is 0. The second kappa shape index (κ2) is 7.88. The van der Waals surface area contributed by atoms with Crippen LogP contribution in [-0.2, 0) is 4.79 Å². The molecule has 1 N–H and O–H groups in total. The van der Waals surface area contributed by atoms with Gasteiger partial charge in [0.25, 0.3) is 5.69 Å². The highest BCUT2D eigenvalue weighted by Crippen LogP contribution is 2.26. The zero-order valence-corrected chi connectivity index (χ0v) is 13.3. The van der Waals surface area contributed by atoms with E-state index in [4.69, 9.17) is 0 Å². The van der Waals surface area contributed by atoms with Crippen LogP contribution in [0.2, 0.25) is 0 Å². The normalized spacial score (nSPS) is 11.2. The number of amides is 1. The monoisotopic (exact) mass is 342 g/mol. The topological polar surface area (TPSA) is 99.3 Å². The Morgan fingerprint density at radius 3 is 2.60 bits per heavy atom. The number of hydrogen-bond acceptors (Lipinski definition) is 5. The first-order valence-corrected chi connectivity index (χ1v) is 7.32. The highest BCUT2D eigenvalue weighted by molar-refractivity contribution is 5.83.